The Morgan fingerprint density at radius 1 is 1.26 bits per heavy atom. The van der Waals surface area contributed by atoms with Crippen molar-refractivity contribution in [1.82, 2.24) is 15.3 Å². The van der Waals surface area contributed by atoms with Crippen LogP contribution in [0, 0.1) is 0 Å². The van der Waals surface area contributed by atoms with Crippen LogP contribution in [0.15, 0.2) is 42.9 Å². The second-order valence-electron chi connectivity index (χ2n) is 4.54. The Bertz CT molecular complexity index is 581. The average molecular weight is 254 g/mol. The van der Waals surface area contributed by atoms with Crippen molar-refractivity contribution in [2.75, 3.05) is 5.32 Å². The van der Waals surface area contributed by atoms with E-state index >= 15 is 0 Å². The van der Waals surface area contributed by atoms with Gasteiger partial charge >= 0.3 is 0 Å². The molecule has 0 bridgehead atoms. The molecule has 1 saturated carbocycles. The van der Waals surface area contributed by atoms with Gasteiger partial charge in [0.2, 0.25) is 0 Å². The van der Waals surface area contributed by atoms with Gasteiger partial charge in [0.05, 0.1) is 11.9 Å². The fourth-order valence-corrected chi connectivity index (χ4v) is 1.72. The van der Waals surface area contributed by atoms with E-state index in [2.05, 4.69) is 20.6 Å². The Morgan fingerprint density at radius 2 is 2.16 bits per heavy atom. The summed E-state index contributed by atoms with van der Waals surface area (Å²) in [6.45, 7) is 0. The number of amides is 1. The van der Waals surface area contributed by atoms with E-state index in [-0.39, 0.29) is 5.91 Å². The van der Waals surface area contributed by atoms with Crippen molar-refractivity contribution in [3.63, 3.8) is 0 Å². The SMILES string of the molecule is O=C(NC1CC1)c1ccnc(Nc2cccnc2)c1. The Hall–Kier alpha value is -2.43. The minimum absolute atomic E-state index is 0.0425. The number of rotatable bonds is 4. The molecular formula is C14H14N4O. The molecule has 5 nitrogen and oxygen atoms in total. The number of anilines is 2. The molecule has 0 atom stereocenters. The van der Waals surface area contributed by atoms with Crippen molar-refractivity contribution in [2.24, 2.45) is 0 Å². The second-order valence-corrected chi connectivity index (χ2v) is 4.54. The molecule has 0 saturated heterocycles. The monoisotopic (exact) mass is 254 g/mol. The lowest BCUT2D eigenvalue weighted by Gasteiger charge is -2.07. The van der Waals surface area contributed by atoms with Crippen LogP contribution < -0.4 is 10.6 Å². The van der Waals surface area contributed by atoms with E-state index in [1.54, 1.807) is 30.7 Å². The maximum absolute atomic E-state index is 11.9. The van der Waals surface area contributed by atoms with E-state index in [0.29, 0.717) is 17.4 Å². The van der Waals surface area contributed by atoms with Crippen LogP contribution in [0.2, 0.25) is 0 Å². The molecule has 96 valence electrons. The molecule has 1 aliphatic carbocycles. The van der Waals surface area contributed by atoms with Crippen LogP contribution in [-0.2, 0) is 0 Å². The molecule has 2 aromatic rings. The van der Waals surface area contributed by atoms with E-state index in [1.165, 1.54) is 0 Å². The topological polar surface area (TPSA) is 66.9 Å². The summed E-state index contributed by atoms with van der Waals surface area (Å²) in [7, 11) is 0. The maximum Gasteiger partial charge on any atom is 0.251 e. The molecule has 1 amide bonds. The van der Waals surface area contributed by atoms with Crippen LogP contribution >= 0.6 is 0 Å². The average Bonchev–Trinajstić information content (AvgIpc) is 3.24. The number of nitrogens with one attached hydrogen (secondary N) is 2. The Kier molecular flexibility index (Phi) is 3.10. The van der Waals surface area contributed by atoms with Crippen LogP contribution in [-0.4, -0.2) is 21.9 Å². The van der Waals surface area contributed by atoms with E-state index in [0.717, 1.165) is 18.5 Å². The number of hydrogen-bond donors (Lipinski definition) is 2. The molecular weight excluding hydrogens is 240 g/mol. The van der Waals surface area contributed by atoms with E-state index in [1.807, 2.05) is 12.1 Å². The van der Waals surface area contributed by atoms with Crippen molar-refractivity contribution in [2.45, 2.75) is 18.9 Å². The van der Waals surface area contributed by atoms with Gasteiger partial charge in [-0.3, -0.25) is 9.78 Å². The van der Waals surface area contributed by atoms with Crippen molar-refractivity contribution in [3.05, 3.63) is 48.4 Å². The first kappa shape index (κ1) is 11.6. The molecule has 0 radical (unpaired) electrons. The highest BCUT2D eigenvalue weighted by Crippen LogP contribution is 2.20. The van der Waals surface area contributed by atoms with Crippen molar-refractivity contribution in [3.8, 4) is 0 Å². The molecule has 0 aliphatic heterocycles. The minimum Gasteiger partial charge on any atom is -0.349 e. The lowest BCUT2D eigenvalue weighted by atomic mass is 10.2. The molecule has 2 N–H and O–H groups in total. The molecule has 1 aliphatic rings. The highest BCUT2D eigenvalue weighted by molar-refractivity contribution is 5.95. The van der Waals surface area contributed by atoms with Gasteiger partial charge in [-0.2, -0.15) is 0 Å². The Balaban J connectivity index is 1.73. The third-order valence-electron chi connectivity index (χ3n) is 2.87. The normalized spacial score (nSPS) is 13.9. The largest absolute Gasteiger partial charge is 0.349 e. The number of pyridine rings is 2. The van der Waals surface area contributed by atoms with Crippen molar-refractivity contribution in [1.29, 1.82) is 0 Å². The van der Waals surface area contributed by atoms with E-state index in [4.69, 9.17) is 0 Å². The van der Waals surface area contributed by atoms with Gasteiger partial charge in [-0.05, 0) is 37.1 Å². The van der Waals surface area contributed by atoms with Crippen LogP contribution in [0.1, 0.15) is 23.2 Å². The van der Waals surface area contributed by atoms with Gasteiger partial charge in [0.25, 0.3) is 5.91 Å². The highest BCUT2D eigenvalue weighted by Gasteiger charge is 2.23. The molecule has 2 heterocycles. The molecule has 5 heteroatoms. The highest BCUT2D eigenvalue weighted by atomic mass is 16.1. The zero-order valence-electron chi connectivity index (χ0n) is 10.3. The zero-order valence-corrected chi connectivity index (χ0v) is 10.3. The van der Waals surface area contributed by atoms with Crippen LogP contribution in [0.5, 0.6) is 0 Å². The van der Waals surface area contributed by atoms with Gasteiger partial charge in [-0.25, -0.2) is 4.98 Å². The van der Waals surface area contributed by atoms with E-state index < -0.39 is 0 Å². The van der Waals surface area contributed by atoms with Gasteiger partial charge < -0.3 is 10.6 Å². The molecule has 0 unspecified atom stereocenters. The first-order chi connectivity index (χ1) is 9.31. The summed E-state index contributed by atoms with van der Waals surface area (Å²) in [5, 5.41) is 6.07. The minimum atomic E-state index is -0.0425. The summed E-state index contributed by atoms with van der Waals surface area (Å²) in [5.74, 6) is 0.593. The van der Waals surface area contributed by atoms with Gasteiger partial charge in [-0.15, -0.1) is 0 Å². The number of hydrogen-bond acceptors (Lipinski definition) is 4. The molecule has 1 fully saturated rings. The first-order valence-electron chi connectivity index (χ1n) is 6.25. The fraction of sp³-hybridized carbons (Fsp3) is 0.214. The lowest BCUT2D eigenvalue weighted by molar-refractivity contribution is 0.0951. The fourth-order valence-electron chi connectivity index (χ4n) is 1.72. The van der Waals surface area contributed by atoms with Gasteiger partial charge in [0.15, 0.2) is 0 Å². The third-order valence-corrected chi connectivity index (χ3v) is 2.87. The first-order valence-corrected chi connectivity index (χ1v) is 6.25. The third kappa shape index (κ3) is 3.07. The summed E-state index contributed by atoms with van der Waals surface area (Å²) < 4.78 is 0. The number of nitrogens with zero attached hydrogens (tertiary/aromatic N) is 2. The zero-order chi connectivity index (χ0) is 13.1. The molecule has 3 rings (SSSR count). The number of carbonyl (C=O) groups excluding carboxylic acids is 1. The quantitative estimate of drug-likeness (QED) is 0.877. The number of aromatic nitrogens is 2. The summed E-state index contributed by atoms with van der Waals surface area (Å²) >= 11 is 0. The Morgan fingerprint density at radius 3 is 2.89 bits per heavy atom. The predicted molar refractivity (Wildman–Crippen MR) is 72.2 cm³/mol. The summed E-state index contributed by atoms with van der Waals surface area (Å²) in [5.41, 5.74) is 1.46. The maximum atomic E-state index is 11.9. The smallest absolute Gasteiger partial charge is 0.251 e. The lowest BCUT2D eigenvalue weighted by Crippen LogP contribution is -2.25. The molecule has 2 aromatic heterocycles. The van der Waals surface area contributed by atoms with Gasteiger partial charge in [-0.1, -0.05) is 0 Å². The summed E-state index contributed by atoms with van der Waals surface area (Å²) in [4.78, 5) is 20.1. The molecule has 0 aromatic carbocycles. The Labute approximate surface area is 111 Å². The standard InChI is InChI=1S/C14H14N4O/c19-14(18-11-3-4-11)10-5-7-16-13(8-10)17-12-2-1-6-15-9-12/h1-2,5-9,11H,3-4H2,(H,16,17)(H,18,19). The van der Waals surface area contributed by atoms with Gasteiger partial charge in [0, 0.05) is 24.0 Å². The van der Waals surface area contributed by atoms with Crippen LogP contribution in [0.3, 0.4) is 0 Å². The van der Waals surface area contributed by atoms with Crippen molar-refractivity contribution < 1.29 is 4.79 Å². The second kappa shape index (κ2) is 5.06. The molecule has 19 heavy (non-hydrogen) atoms. The van der Waals surface area contributed by atoms with Gasteiger partial charge in [0.1, 0.15) is 5.82 Å². The predicted octanol–water partition coefficient (Wildman–Crippen LogP) is 2.11. The van der Waals surface area contributed by atoms with Crippen LogP contribution in [0.25, 0.3) is 0 Å². The van der Waals surface area contributed by atoms with Crippen molar-refractivity contribution >= 4 is 17.4 Å². The van der Waals surface area contributed by atoms with Crippen LogP contribution in [0.4, 0.5) is 11.5 Å². The van der Waals surface area contributed by atoms with E-state index in [9.17, 15) is 4.79 Å². The number of carbonyl (C=O) groups is 1. The summed E-state index contributed by atoms with van der Waals surface area (Å²) in [6, 6.07) is 7.55. The molecule has 0 spiro atoms. The summed E-state index contributed by atoms with van der Waals surface area (Å²) in [6.07, 6.45) is 7.20.